The van der Waals surface area contributed by atoms with Crippen LogP contribution in [-0.2, 0) is 72.3 Å². The van der Waals surface area contributed by atoms with Crippen LogP contribution in [0.1, 0.15) is 100 Å². The van der Waals surface area contributed by atoms with Gasteiger partial charge < -0.3 is 65.0 Å². The third-order valence-electron chi connectivity index (χ3n) is 12.7. The van der Waals surface area contributed by atoms with E-state index in [1.165, 1.54) is 33.5 Å². The fourth-order valence-electron chi connectivity index (χ4n) is 7.66. The second-order valence-corrected chi connectivity index (χ2v) is 21.1. The maximum atomic E-state index is 12.3. The van der Waals surface area contributed by atoms with E-state index >= 15 is 0 Å². The van der Waals surface area contributed by atoms with Crippen molar-refractivity contribution in [1.82, 2.24) is 16.0 Å². The van der Waals surface area contributed by atoms with E-state index in [4.69, 9.17) is 59.1 Å². The Labute approximate surface area is 532 Å². The molecule has 0 spiro atoms. The predicted molar refractivity (Wildman–Crippen MR) is 333 cm³/mol. The van der Waals surface area contributed by atoms with Gasteiger partial charge in [0.05, 0.1) is 95.6 Å². The fraction of sp³-hybridized carbons (Fsp3) is 0.403. The number of methoxy groups -OCH3 is 3. The highest BCUT2D eigenvalue weighted by Gasteiger charge is 2.29. The number of aryl methyl sites for hydroxylation is 1. The number of carboxylic acid groups (broad SMARTS) is 1. The molecular formula is C62H74N10O19S. The Bertz CT molecular complexity index is 3420. The topological polar surface area (TPSA) is 380 Å². The van der Waals surface area contributed by atoms with Gasteiger partial charge in [0.2, 0.25) is 5.91 Å². The SMILES string of the molecule is CCCCOC(=O)N[C@@H](CN)C(=O)OC.Cc1ccc(S(=O)(=O)O)cc1.[C-]#[N+]c1ccc(C2=NOC(CC(=O)NC[C@H](NC(=O)OCCCC)C(=O)OC)C2)cc1.[C-]#[N+]c1ccc(C2=NOC(CC(=O)O)C2)cc1.[C-]#[N+]c1ccc(C2=NOC(CC(=O)OC)C2)cc1. The molecule has 4 aromatic rings. The number of carbonyl (C=O) groups excluding carboxylic acids is 6. The van der Waals surface area contributed by atoms with Gasteiger partial charge in [0.15, 0.2) is 17.1 Å². The monoisotopic (exact) mass is 1290 g/mol. The number of nitrogens with one attached hydrogen (secondary N) is 3. The Morgan fingerprint density at radius 3 is 1.33 bits per heavy atom. The van der Waals surface area contributed by atoms with Crippen LogP contribution < -0.4 is 21.7 Å². The minimum absolute atomic E-state index is 0.0183. The molecule has 92 heavy (non-hydrogen) atoms. The molecule has 0 saturated carbocycles. The number of nitrogens with zero attached hydrogens (tertiary/aromatic N) is 6. The number of carbonyl (C=O) groups is 7. The largest absolute Gasteiger partial charge is 0.481 e. The van der Waals surface area contributed by atoms with Crippen molar-refractivity contribution in [3.63, 3.8) is 0 Å². The third-order valence-corrected chi connectivity index (χ3v) is 13.6. The average Bonchev–Trinajstić information content (AvgIpc) is 1.85. The van der Waals surface area contributed by atoms with Crippen molar-refractivity contribution >= 4 is 86.3 Å². The molecule has 5 atom stereocenters. The van der Waals surface area contributed by atoms with E-state index in [1.54, 1.807) is 72.8 Å². The summed E-state index contributed by atoms with van der Waals surface area (Å²) in [7, 11) is -0.247. The van der Waals surface area contributed by atoms with E-state index in [9.17, 15) is 42.0 Å². The first-order valence-corrected chi connectivity index (χ1v) is 29.9. The summed E-state index contributed by atoms with van der Waals surface area (Å²) in [4.78, 5) is 105. The maximum absolute atomic E-state index is 12.3. The molecule has 3 amide bonds. The van der Waals surface area contributed by atoms with Crippen molar-refractivity contribution in [1.29, 1.82) is 0 Å². The molecule has 0 fully saturated rings. The van der Waals surface area contributed by atoms with Gasteiger partial charge in [-0.3, -0.25) is 18.9 Å². The molecule has 3 aliphatic heterocycles. The lowest BCUT2D eigenvalue weighted by Crippen LogP contribution is -2.49. The normalized spacial score (nSPS) is 15.3. The molecular weight excluding hydrogens is 1220 g/mol. The third kappa shape index (κ3) is 28.3. The zero-order valence-corrected chi connectivity index (χ0v) is 52.3. The van der Waals surface area contributed by atoms with Crippen LogP contribution in [0, 0.1) is 26.6 Å². The standard InChI is InChI=1S/C21H26N4O6.C13H12N2O3.C12H10N2O3.C9H18N2O4.C7H8O3S/c1-4-5-10-30-21(28)24-18(20(27)29-3)13-23-19(26)12-16-11-17(25-31-16)14-6-8-15(22-2)9-7-14;1-14-10-5-3-9(4-6-10)12-7-11(18-15-12)8-13(16)17-2;1-13-9-4-2-8(3-5-9)11-6-10(17-14-11)7-12(15)16;1-3-4-5-15-9(13)11-7(6-10)8(12)14-2;1-6-2-4-7(5-3-6)11(8,9)10/h6-9,16,18H,4-5,10-13H2,1,3H3,(H,23,26)(H,24,28);3-6,11H,7-8H2,2H3;2-5,10H,6-7H2,(H,15,16);7H,3-6,10H2,1-2H3,(H,11,13);2-5H,1H3,(H,8,9,10)/t16?,18-;;;7-;/m0..0./s1. The summed E-state index contributed by atoms with van der Waals surface area (Å²) in [5, 5.41) is 27.8. The molecule has 3 heterocycles. The molecule has 7 rings (SSSR count). The molecule has 0 bridgehead atoms. The van der Waals surface area contributed by atoms with E-state index in [0.717, 1.165) is 52.9 Å². The first kappa shape index (κ1) is 75.8. The second kappa shape index (κ2) is 40.9. The van der Waals surface area contributed by atoms with Crippen LogP contribution in [0.15, 0.2) is 117 Å². The quantitative estimate of drug-likeness (QED) is 0.0134. The summed E-state index contributed by atoms with van der Waals surface area (Å²) in [6.45, 7) is 26.9. The summed E-state index contributed by atoms with van der Waals surface area (Å²) in [5.41, 5.74) is 12.7. The van der Waals surface area contributed by atoms with Gasteiger partial charge in [-0.25, -0.2) is 33.7 Å². The van der Waals surface area contributed by atoms with Crippen molar-refractivity contribution in [2.75, 3.05) is 47.6 Å². The highest BCUT2D eigenvalue weighted by molar-refractivity contribution is 7.85. The van der Waals surface area contributed by atoms with E-state index < -0.39 is 58.4 Å². The number of carboxylic acids is 1. The van der Waals surface area contributed by atoms with Crippen LogP contribution in [0.5, 0.6) is 0 Å². The van der Waals surface area contributed by atoms with E-state index in [0.29, 0.717) is 55.1 Å². The molecule has 0 aliphatic carbocycles. The van der Waals surface area contributed by atoms with Gasteiger partial charge in [-0.05, 0) is 48.6 Å². The van der Waals surface area contributed by atoms with Gasteiger partial charge in [-0.1, -0.05) is 133 Å². The lowest BCUT2D eigenvalue weighted by atomic mass is 10.0. The number of hydrogen-bond acceptors (Lipinski definition) is 21. The molecule has 492 valence electrons. The first-order valence-electron chi connectivity index (χ1n) is 28.5. The highest BCUT2D eigenvalue weighted by Crippen LogP contribution is 2.24. The van der Waals surface area contributed by atoms with Gasteiger partial charge in [-0.2, -0.15) is 8.42 Å². The Hall–Kier alpha value is -10.5. The van der Waals surface area contributed by atoms with Crippen LogP contribution in [0.2, 0.25) is 0 Å². The molecule has 0 radical (unpaired) electrons. The number of unbranched alkanes of at least 4 members (excludes halogenated alkanes) is 2. The minimum atomic E-state index is -4.02. The molecule has 7 N–H and O–H groups in total. The van der Waals surface area contributed by atoms with Gasteiger partial charge >= 0.3 is 36.1 Å². The van der Waals surface area contributed by atoms with Crippen LogP contribution in [0.3, 0.4) is 0 Å². The molecule has 29 nitrogen and oxygen atoms in total. The number of oxime groups is 3. The van der Waals surface area contributed by atoms with E-state index in [1.807, 2.05) is 32.9 Å². The Kier molecular flexibility index (Phi) is 33.7. The smallest absolute Gasteiger partial charge is 0.407 e. The molecule has 4 aromatic carbocycles. The summed E-state index contributed by atoms with van der Waals surface area (Å²) in [5.74, 6) is -2.84. The molecule has 0 aromatic heterocycles. The Balaban J connectivity index is 0.000000315. The number of rotatable bonds is 23. The number of amides is 3. The van der Waals surface area contributed by atoms with Crippen molar-refractivity contribution < 1.29 is 89.8 Å². The van der Waals surface area contributed by atoms with Gasteiger partial charge in [0.25, 0.3) is 10.1 Å². The first-order chi connectivity index (χ1) is 44.0. The number of aliphatic carboxylic acids is 1. The van der Waals surface area contributed by atoms with Crippen molar-refractivity contribution in [2.45, 2.75) is 120 Å². The Morgan fingerprint density at radius 2 is 0.978 bits per heavy atom. The molecule has 0 saturated heterocycles. The zero-order chi connectivity index (χ0) is 68.0. The van der Waals surface area contributed by atoms with E-state index in [2.05, 4.69) is 60.2 Å². The molecule has 3 aliphatic rings. The van der Waals surface area contributed by atoms with E-state index in [-0.39, 0.29) is 67.9 Å². The van der Waals surface area contributed by atoms with Gasteiger partial charge in [-0.15, -0.1) is 0 Å². The second-order valence-electron chi connectivity index (χ2n) is 19.7. The van der Waals surface area contributed by atoms with Crippen molar-refractivity contribution in [3.05, 3.63) is 154 Å². The highest BCUT2D eigenvalue weighted by atomic mass is 32.2. The van der Waals surface area contributed by atoms with Gasteiger partial charge in [0, 0.05) is 32.4 Å². The molecule has 30 heteroatoms. The summed E-state index contributed by atoms with van der Waals surface area (Å²) in [6.07, 6.45) is 2.50. The maximum Gasteiger partial charge on any atom is 0.407 e. The van der Waals surface area contributed by atoms with Crippen LogP contribution in [-0.4, -0.2) is 155 Å². The lowest BCUT2D eigenvalue weighted by molar-refractivity contribution is -0.144. The number of esters is 3. The van der Waals surface area contributed by atoms with Crippen molar-refractivity contribution in [2.24, 2.45) is 21.2 Å². The summed E-state index contributed by atoms with van der Waals surface area (Å²) >= 11 is 0. The number of alkyl carbamates (subject to hydrolysis) is 2. The number of benzene rings is 4. The lowest BCUT2D eigenvalue weighted by Gasteiger charge is -2.17. The Morgan fingerprint density at radius 1 is 0.598 bits per heavy atom. The van der Waals surface area contributed by atoms with Crippen molar-refractivity contribution in [3.8, 4) is 0 Å². The predicted octanol–water partition coefficient (Wildman–Crippen LogP) is 8.06. The number of nitrogens with two attached hydrogens (primary N) is 1. The minimum Gasteiger partial charge on any atom is -0.481 e. The van der Waals surface area contributed by atoms with Crippen LogP contribution >= 0.6 is 0 Å². The van der Waals surface area contributed by atoms with Crippen LogP contribution in [0.25, 0.3) is 14.5 Å². The van der Waals surface area contributed by atoms with Gasteiger partial charge in [0.1, 0.15) is 30.4 Å². The summed E-state index contributed by atoms with van der Waals surface area (Å²) < 4.78 is 53.0. The number of ether oxygens (including phenoxy) is 5. The van der Waals surface area contributed by atoms with Crippen LogP contribution in [0.4, 0.5) is 26.7 Å². The zero-order valence-electron chi connectivity index (χ0n) is 51.5. The summed E-state index contributed by atoms with van der Waals surface area (Å²) in [6, 6.07) is 25.1. The average molecular weight is 1300 g/mol. The molecule has 3 unspecified atom stereocenters. The fourth-order valence-corrected chi connectivity index (χ4v) is 8.14. The number of hydrogen-bond donors (Lipinski definition) is 6.